The van der Waals surface area contributed by atoms with E-state index >= 15 is 0 Å². The lowest BCUT2D eigenvalue weighted by Gasteiger charge is -2.21. The fourth-order valence-corrected chi connectivity index (χ4v) is 9.75. The lowest BCUT2D eigenvalue weighted by atomic mass is 10.0. The third-order valence-corrected chi connectivity index (χ3v) is 14.7. The molecule has 0 bridgehead atoms. The number of unbranched alkanes of at least 4 members (excludes halogenated alkanes) is 28. The zero-order valence-electron chi connectivity index (χ0n) is 47.7. The molecule has 0 spiro atoms. The van der Waals surface area contributed by atoms with Gasteiger partial charge in [0.15, 0.2) is 12.2 Å². The molecule has 444 valence electrons. The fourth-order valence-electron chi connectivity index (χ4n) is 8.17. The highest BCUT2D eigenvalue weighted by Gasteiger charge is 2.30. The zero-order chi connectivity index (χ0) is 55.7. The van der Waals surface area contributed by atoms with Crippen LogP contribution < -0.4 is 0 Å². The van der Waals surface area contributed by atoms with Crippen LogP contribution in [0.2, 0.25) is 0 Å². The SMILES string of the molecule is CCCCCCCCCCCC(=O)OC[C@H](COP(=O)(O)OC[C@@H](O)COP(=O)(O)OC[C@@H](COC(=O)CCCCCCC)OC(=O)CCCCCCCCC)OC(=O)CCCCCCCCCCCCCC(C)C. The standard InChI is InChI=1S/C56H108O17P2/c1-6-9-12-15-17-21-26-30-35-40-54(59)67-46-52(73-56(61)42-37-32-27-23-20-18-19-22-25-29-33-38-49(4)5)48-71-75(64,65)69-44-50(57)43-68-74(62,63)70-47-51(45-66-53(58)39-34-28-14-11-8-3)72-55(60)41-36-31-24-16-13-10-7-2/h49-52,57H,6-48H2,1-5H3,(H,62,63)(H,64,65)/t50-,51+,52+/m0/s1. The average Bonchev–Trinajstić information content (AvgIpc) is 3.37. The molecule has 0 saturated carbocycles. The summed E-state index contributed by atoms with van der Waals surface area (Å²) in [5.41, 5.74) is 0. The highest BCUT2D eigenvalue weighted by molar-refractivity contribution is 7.47. The number of phosphoric ester groups is 2. The Morgan fingerprint density at radius 3 is 0.907 bits per heavy atom. The van der Waals surface area contributed by atoms with Crippen molar-refractivity contribution in [1.82, 2.24) is 0 Å². The van der Waals surface area contributed by atoms with E-state index < -0.39 is 97.5 Å². The van der Waals surface area contributed by atoms with Crippen LogP contribution >= 0.6 is 15.6 Å². The largest absolute Gasteiger partial charge is 0.472 e. The number of ether oxygens (including phenoxy) is 4. The van der Waals surface area contributed by atoms with Gasteiger partial charge in [-0.25, -0.2) is 9.13 Å². The van der Waals surface area contributed by atoms with Crippen LogP contribution in [0.15, 0.2) is 0 Å². The van der Waals surface area contributed by atoms with Crippen molar-refractivity contribution < 1.29 is 80.2 Å². The predicted molar refractivity (Wildman–Crippen MR) is 294 cm³/mol. The van der Waals surface area contributed by atoms with Gasteiger partial charge in [-0.05, 0) is 31.6 Å². The van der Waals surface area contributed by atoms with Crippen molar-refractivity contribution in [2.75, 3.05) is 39.6 Å². The lowest BCUT2D eigenvalue weighted by Crippen LogP contribution is -2.30. The summed E-state index contributed by atoms with van der Waals surface area (Å²) in [5, 5.41) is 10.4. The van der Waals surface area contributed by atoms with Gasteiger partial charge in [-0.2, -0.15) is 0 Å². The Morgan fingerprint density at radius 1 is 0.360 bits per heavy atom. The smallest absolute Gasteiger partial charge is 0.462 e. The van der Waals surface area contributed by atoms with E-state index in [0.717, 1.165) is 115 Å². The van der Waals surface area contributed by atoms with Crippen molar-refractivity contribution in [2.24, 2.45) is 5.92 Å². The van der Waals surface area contributed by atoms with Gasteiger partial charge in [0.05, 0.1) is 26.4 Å². The topological polar surface area (TPSA) is 237 Å². The van der Waals surface area contributed by atoms with Gasteiger partial charge in [0.1, 0.15) is 19.3 Å². The normalized spacial score (nSPS) is 14.5. The molecule has 0 amide bonds. The lowest BCUT2D eigenvalue weighted by molar-refractivity contribution is -0.161. The van der Waals surface area contributed by atoms with Crippen LogP contribution in [-0.4, -0.2) is 96.7 Å². The van der Waals surface area contributed by atoms with Gasteiger partial charge in [0, 0.05) is 25.7 Å². The average molecular weight is 1120 g/mol. The molecule has 0 fully saturated rings. The second-order valence-electron chi connectivity index (χ2n) is 20.8. The molecule has 0 aliphatic rings. The highest BCUT2D eigenvalue weighted by atomic mass is 31.2. The monoisotopic (exact) mass is 1110 g/mol. The highest BCUT2D eigenvalue weighted by Crippen LogP contribution is 2.45. The van der Waals surface area contributed by atoms with Crippen LogP contribution in [0.1, 0.15) is 272 Å². The van der Waals surface area contributed by atoms with Crippen molar-refractivity contribution in [3.05, 3.63) is 0 Å². The Balaban J connectivity index is 5.15. The summed E-state index contributed by atoms with van der Waals surface area (Å²) in [6.07, 6.45) is 31.2. The first-order valence-electron chi connectivity index (χ1n) is 29.6. The Labute approximate surface area is 454 Å². The maximum absolute atomic E-state index is 12.9. The van der Waals surface area contributed by atoms with Crippen LogP contribution in [0.4, 0.5) is 0 Å². The Kier molecular flexibility index (Phi) is 49.0. The summed E-state index contributed by atoms with van der Waals surface area (Å²) < 4.78 is 67.3. The number of carbonyl (C=O) groups is 4. The summed E-state index contributed by atoms with van der Waals surface area (Å²) in [7, 11) is -9.85. The van der Waals surface area contributed by atoms with E-state index in [-0.39, 0.29) is 25.7 Å². The van der Waals surface area contributed by atoms with Gasteiger partial charge in [-0.3, -0.25) is 37.3 Å². The van der Waals surface area contributed by atoms with E-state index in [9.17, 15) is 43.2 Å². The van der Waals surface area contributed by atoms with Gasteiger partial charge in [0.25, 0.3) is 0 Å². The molecule has 0 aliphatic heterocycles. The van der Waals surface area contributed by atoms with Crippen molar-refractivity contribution >= 4 is 39.5 Å². The summed E-state index contributed by atoms with van der Waals surface area (Å²) in [4.78, 5) is 71.4. The molecule has 3 N–H and O–H groups in total. The third kappa shape index (κ3) is 51.3. The molecular weight excluding hydrogens is 1010 g/mol. The molecular formula is C56H108O17P2. The molecule has 0 saturated heterocycles. The van der Waals surface area contributed by atoms with Crippen molar-refractivity contribution in [3.8, 4) is 0 Å². The van der Waals surface area contributed by atoms with E-state index in [1.807, 2.05) is 0 Å². The van der Waals surface area contributed by atoms with Gasteiger partial charge in [0.2, 0.25) is 0 Å². The third-order valence-electron chi connectivity index (χ3n) is 12.8. The van der Waals surface area contributed by atoms with Crippen molar-refractivity contribution in [1.29, 1.82) is 0 Å². The summed E-state index contributed by atoms with van der Waals surface area (Å²) in [6.45, 7) is 6.98. The van der Waals surface area contributed by atoms with Crippen LogP contribution in [0.3, 0.4) is 0 Å². The molecule has 19 heteroatoms. The van der Waals surface area contributed by atoms with Crippen molar-refractivity contribution in [3.63, 3.8) is 0 Å². The van der Waals surface area contributed by atoms with E-state index in [0.29, 0.717) is 25.7 Å². The zero-order valence-corrected chi connectivity index (χ0v) is 49.5. The Hall–Kier alpha value is -1.94. The molecule has 0 aromatic heterocycles. The van der Waals surface area contributed by atoms with Gasteiger partial charge >= 0.3 is 39.5 Å². The van der Waals surface area contributed by atoms with Gasteiger partial charge in [-0.15, -0.1) is 0 Å². The molecule has 0 aromatic rings. The molecule has 0 radical (unpaired) electrons. The number of rotatable bonds is 56. The predicted octanol–water partition coefficient (Wildman–Crippen LogP) is 14.7. The fraction of sp³-hybridized carbons (Fsp3) is 0.929. The van der Waals surface area contributed by atoms with Crippen LogP contribution in [0, 0.1) is 5.92 Å². The second-order valence-corrected chi connectivity index (χ2v) is 23.7. The van der Waals surface area contributed by atoms with Crippen LogP contribution in [0.5, 0.6) is 0 Å². The molecule has 0 heterocycles. The van der Waals surface area contributed by atoms with E-state index in [4.69, 9.17) is 37.0 Å². The van der Waals surface area contributed by atoms with E-state index in [1.54, 1.807) is 0 Å². The summed E-state index contributed by atoms with van der Waals surface area (Å²) >= 11 is 0. The minimum absolute atomic E-state index is 0.103. The molecule has 75 heavy (non-hydrogen) atoms. The second kappa shape index (κ2) is 50.3. The number of hydrogen-bond donors (Lipinski definition) is 3. The first kappa shape index (κ1) is 73.1. The maximum atomic E-state index is 12.9. The minimum Gasteiger partial charge on any atom is -0.462 e. The van der Waals surface area contributed by atoms with Crippen LogP contribution in [-0.2, 0) is 65.4 Å². The number of aliphatic hydroxyl groups is 1. The molecule has 0 aromatic carbocycles. The molecule has 0 aliphatic carbocycles. The summed E-state index contributed by atoms with van der Waals surface area (Å²) in [6, 6.07) is 0. The molecule has 2 unspecified atom stereocenters. The first-order valence-corrected chi connectivity index (χ1v) is 32.6. The quantitative estimate of drug-likeness (QED) is 0.0222. The molecule has 5 atom stereocenters. The van der Waals surface area contributed by atoms with E-state index in [2.05, 4.69) is 34.6 Å². The van der Waals surface area contributed by atoms with E-state index in [1.165, 1.54) is 77.0 Å². The number of phosphoric acid groups is 2. The molecule has 17 nitrogen and oxygen atoms in total. The van der Waals surface area contributed by atoms with Crippen LogP contribution in [0.25, 0.3) is 0 Å². The first-order chi connectivity index (χ1) is 36.0. The van der Waals surface area contributed by atoms with Crippen molar-refractivity contribution in [2.45, 2.75) is 291 Å². The number of esters is 4. The number of hydrogen-bond acceptors (Lipinski definition) is 15. The van der Waals surface area contributed by atoms with Gasteiger partial charge < -0.3 is 33.8 Å². The number of aliphatic hydroxyl groups excluding tert-OH is 1. The number of carbonyl (C=O) groups excluding carboxylic acids is 4. The maximum Gasteiger partial charge on any atom is 0.472 e. The van der Waals surface area contributed by atoms with Gasteiger partial charge in [-0.1, -0.05) is 221 Å². The Morgan fingerprint density at radius 2 is 0.613 bits per heavy atom. The minimum atomic E-state index is -4.93. The summed E-state index contributed by atoms with van der Waals surface area (Å²) in [5.74, 6) is -1.40. The molecule has 0 rings (SSSR count). The Bertz CT molecular complexity index is 1480.